The Morgan fingerprint density at radius 1 is 0.824 bits per heavy atom. The van der Waals surface area contributed by atoms with Crippen LogP contribution in [-0.4, -0.2) is 33.9 Å². The van der Waals surface area contributed by atoms with Gasteiger partial charge in [-0.15, -0.1) is 0 Å². The second kappa shape index (κ2) is 10.5. The minimum Gasteiger partial charge on any atom is -0.484 e. The minimum absolute atomic E-state index is 0.0590. The van der Waals surface area contributed by atoms with Gasteiger partial charge in [0.1, 0.15) is 11.5 Å². The molecule has 0 heterocycles. The van der Waals surface area contributed by atoms with E-state index in [1.54, 1.807) is 0 Å². The molecule has 0 fully saturated rings. The van der Waals surface area contributed by atoms with Crippen molar-refractivity contribution in [3.8, 4) is 5.75 Å². The number of hydrogen-bond acceptors (Lipinski definition) is 9. The van der Waals surface area contributed by atoms with Gasteiger partial charge in [0, 0.05) is 41.1 Å². The normalized spacial score (nSPS) is 10.9. The van der Waals surface area contributed by atoms with Crippen molar-refractivity contribution in [3.05, 3.63) is 104 Å². The van der Waals surface area contributed by atoms with Gasteiger partial charge in [-0.05, 0) is 48.5 Å². The van der Waals surface area contributed by atoms with Gasteiger partial charge in [0.25, 0.3) is 17.3 Å². The molecule has 3 aromatic rings. The Bertz CT molecular complexity index is 1250. The fourth-order valence-electron chi connectivity index (χ4n) is 2.86. The second-order valence-electron chi connectivity index (χ2n) is 6.78. The number of carbonyl (C=O) groups is 2. The molecule has 3 aromatic carbocycles. The molecule has 3 rings (SSSR count). The molecule has 0 bridgehead atoms. The molecule has 3 N–H and O–H groups in total. The first-order valence-electron chi connectivity index (χ1n) is 9.63. The number of nitrogens with zero attached hydrogens (tertiary/aromatic N) is 3. The largest absolute Gasteiger partial charge is 0.484 e. The quantitative estimate of drug-likeness (QED) is 0.160. The lowest BCUT2D eigenvalue weighted by Crippen LogP contribution is -2.20. The molecule has 0 unspecified atom stereocenters. The first-order valence-corrected chi connectivity index (χ1v) is 9.63. The fraction of sp³-hybridized carbons (Fsp3) is 0.0455. The van der Waals surface area contributed by atoms with Crippen LogP contribution < -0.4 is 15.9 Å². The highest BCUT2D eigenvalue weighted by molar-refractivity contribution is 6.51. The van der Waals surface area contributed by atoms with E-state index in [1.165, 1.54) is 72.8 Å². The summed E-state index contributed by atoms with van der Waals surface area (Å²) >= 11 is 0. The third kappa shape index (κ3) is 5.76. The second-order valence-corrected chi connectivity index (χ2v) is 6.78. The van der Waals surface area contributed by atoms with E-state index < -0.39 is 21.5 Å². The van der Waals surface area contributed by atoms with Crippen molar-refractivity contribution < 1.29 is 24.2 Å². The molecule has 172 valence electrons. The number of rotatable bonds is 9. The van der Waals surface area contributed by atoms with Gasteiger partial charge in [-0.3, -0.25) is 29.8 Å². The first-order chi connectivity index (χ1) is 16.3. The summed E-state index contributed by atoms with van der Waals surface area (Å²) in [4.78, 5) is 45.0. The number of ether oxygens (including phenoxy) is 1. The third-order valence-electron chi connectivity index (χ3n) is 4.54. The number of ketones is 1. The van der Waals surface area contributed by atoms with Gasteiger partial charge in [0.05, 0.1) is 9.85 Å². The van der Waals surface area contributed by atoms with E-state index in [2.05, 4.69) is 10.4 Å². The van der Waals surface area contributed by atoms with E-state index in [0.29, 0.717) is 17.0 Å². The van der Waals surface area contributed by atoms with Gasteiger partial charge in [-0.2, -0.15) is 5.10 Å². The molecule has 0 aliphatic heterocycles. The Balaban J connectivity index is 1.59. The lowest BCUT2D eigenvalue weighted by atomic mass is 10.0. The van der Waals surface area contributed by atoms with Crippen molar-refractivity contribution in [2.45, 2.75) is 0 Å². The van der Waals surface area contributed by atoms with Gasteiger partial charge in [-0.25, -0.2) is 0 Å². The molecule has 12 heteroatoms. The summed E-state index contributed by atoms with van der Waals surface area (Å²) in [6, 6.07) is 16.5. The molecular formula is C22H17N5O7. The highest BCUT2D eigenvalue weighted by atomic mass is 16.6. The van der Waals surface area contributed by atoms with Crippen LogP contribution in [0.25, 0.3) is 0 Å². The van der Waals surface area contributed by atoms with Gasteiger partial charge in [0.2, 0.25) is 5.78 Å². The molecule has 0 aromatic heterocycles. The zero-order chi connectivity index (χ0) is 24.7. The summed E-state index contributed by atoms with van der Waals surface area (Å²) < 4.78 is 5.41. The summed E-state index contributed by atoms with van der Waals surface area (Å²) in [7, 11) is 0. The zero-order valence-electron chi connectivity index (χ0n) is 17.4. The number of nitro benzene ring substituents is 2. The molecule has 0 radical (unpaired) electrons. The number of hydrazone groups is 1. The average Bonchev–Trinajstić information content (AvgIpc) is 2.84. The van der Waals surface area contributed by atoms with E-state index >= 15 is 0 Å². The fourth-order valence-corrected chi connectivity index (χ4v) is 2.86. The lowest BCUT2D eigenvalue weighted by Gasteiger charge is -2.09. The van der Waals surface area contributed by atoms with Gasteiger partial charge >= 0.3 is 0 Å². The number of nitrogens with two attached hydrogens (primary N) is 1. The number of carbonyl (C=O) groups excluding carboxylic acids is 2. The summed E-state index contributed by atoms with van der Waals surface area (Å²) in [5.41, 5.74) is 0.634. The van der Waals surface area contributed by atoms with Crippen LogP contribution in [0.2, 0.25) is 0 Å². The van der Waals surface area contributed by atoms with Crippen molar-refractivity contribution in [2.24, 2.45) is 10.9 Å². The minimum atomic E-state index is -0.572. The number of nitrogens with one attached hydrogen (secondary N) is 1. The molecule has 34 heavy (non-hydrogen) atoms. The number of amides is 1. The molecule has 1 amide bonds. The van der Waals surface area contributed by atoms with E-state index in [0.717, 1.165) is 0 Å². The molecule has 0 atom stereocenters. The summed E-state index contributed by atoms with van der Waals surface area (Å²) in [6.45, 7) is -0.324. The summed E-state index contributed by atoms with van der Waals surface area (Å²) in [6.07, 6.45) is 0. The van der Waals surface area contributed by atoms with Crippen molar-refractivity contribution in [1.29, 1.82) is 0 Å². The molecular weight excluding hydrogens is 446 g/mol. The zero-order valence-corrected chi connectivity index (χ0v) is 17.4. The van der Waals surface area contributed by atoms with Crippen LogP contribution in [0.1, 0.15) is 15.9 Å². The predicted molar refractivity (Wildman–Crippen MR) is 122 cm³/mol. The number of Topliss-reactive ketones (excluding diaryl/α,β-unsaturated/α-hetero) is 1. The average molecular weight is 463 g/mol. The number of benzene rings is 3. The maximum absolute atomic E-state index is 12.7. The first kappa shape index (κ1) is 23.5. The van der Waals surface area contributed by atoms with Crippen molar-refractivity contribution >= 4 is 34.5 Å². The highest BCUT2D eigenvalue weighted by Gasteiger charge is 2.18. The molecule has 0 aliphatic rings. The SMILES string of the molecule is N/N=C(/C(=O)c1ccc([N+](=O)[O-])cc1)c1ccc(OCC(=O)Nc2ccc([N+](=O)[O-])cc2)cc1. The Morgan fingerprint density at radius 3 is 1.82 bits per heavy atom. The number of nitro groups is 2. The van der Waals surface area contributed by atoms with Gasteiger partial charge in [-0.1, -0.05) is 0 Å². The topological polar surface area (TPSA) is 180 Å². The number of anilines is 1. The summed E-state index contributed by atoms with van der Waals surface area (Å²) in [5, 5.41) is 27.5. The van der Waals surface area contributed by atoms with Crippen LogP contribution in [0, 0.1) is 20.2 Å². The molecule has 0 aliphatic carbocycles. The van der Waals surface area contributed by atoms with E-state index in [9.17, 15) is 29.8 Å². The van der Waals surface area contributed by atoms with Crippen molar-refractivity contribution in [3.63, 3.8) is 0 Å². The highest BCUT2D eigenvalue weighted by Crippen LogP contribution is 2.18. The number of hydrogen-bond donors (Lipinski definition) is 2. The predicted octanol–water partition coefficient (Wildman–Crippen LogP) is 3.07. The Morgan fingerprint density at radius 2 is 1.32 bits per heavy atom. The maximum Gasteiger partial charge on any atom is 0.269 e. The standard InChI is InChI=1S/C22H17N5O7/c23-25-21(22(29)15-1-7-17(8-2-15)26(30)31)14-3-11-19(12-4-14)34-13-20(28)24-16-5-9-18(10-6-16)27(32)33/h1-12H,13,23H2,(H,24,28)/b25-21+. The Hall–Kier alpha value is -5.13. The molecule has 12 nitrogen and oxygen atoms in total. The van der Waals surface area contributed by atoms with Gasteiger partial charge < -0.3 is 15.9 Å². The van der Waals surface area contributed by atoms with E-state index in [4.69, 9.17) is 10.6 Å². The van der Waals surface area contributed by atoms with Crippen LogP contribution in [-0.2, 0) is 4.79 Å². The van der Waals surface area contributed by atoms with Gasteiger partial charge in [0.15, 0.2) is 6.61 Å². The van der Waals surface area contributed by atoms with Crippen LogP contribution in [0.15, 0.2) is 77.9 Å². The van der Waals surface area contributed by atoms with Crippen molar-refractivity contribution in [1.82, 2.24) is 0 Å². The number of non-ortho nitro benzene ring substituents is 2. The van der Waals surface area contributed by atoms with E-state index in [1.807, 2.05) is 0 Å². The van der Waals surface area contributed by atoms with Crippen LogP contribution in [0.5, 0.6) is 5.75 Å². The summed E-state index contributed by atoms with van der Waals surface area (Å²) in [5.74, 6) is 4.73. The molecule has 0 saturated carbocycles. The lowest BCUT2D eigenvalue weighted by molar-refractivity contribution is -0.385. The Labute approximate surface area is 192 Å². The third-order valence-corrected chi connectivity index (χ3v) is 4.54. The molecule has 0 saturated heterocycles. The molecule has 0 spiro atoms. The maximum atomic E-state index is 12.7. The Kier molecular flexibility index (Phi) is 7.24. The van der Waals surface area contributed by atoms with Crippen LogP contribution >= 0.6 is 0 Å². The van der Waals surface area contributed by atoms with Crippen LogP contribution in [0.3, 0.4) is 0 Å². The van der Waals surface area contributed by atoms with Crippen molar-refractivity contribution in [2.75, 3.05) is 11.9 Å². The van der Waals surface area contributed by atoms with Crippen LogP contribution in [0.4, 0.5) is 17.1 Å². The monoisotopic (exact) mass is 463 g/mol. The van der Waals surface area contributed by atoms with E-state index in [-0.39, 0.29) is 29.3 Å². The smallest absolute Gasteiger partial charge is 0.269 e.